The number of hydrogen-bond donors (Lipinski definition) is 2. The average molecular weight is 297 g/mol. The van der Waals surface area contributed by atoms with E-state index in [0.29, 0.717) is 5.92 Å². The van der Waals surface area contributed by atoms with Crippen LogP contribution in [-0.2, 0) is 9.59 Å². The Morgan fingerprint density at radius 2 is 1.86 bits per heavy atom. The van der Waals surface area contributed by atoms with E-state index >= 15 is 0 Å². The summed E-state index contributed by atoms with van der Waals surface area (Å²) in [5, 5.41) is 6.25. The van der Waals surface area contributed by atoms with Crippen molar-refractivity contribution in [3.05, 3.63) is 0 Å². The zero-order valence-electron chi connectivity index (χ0n) is 14.4. The largest absolute Gasteiger partial charge is 0.350 e. The van der Waals surface area contributed by atoms with Crippen LogP contribution in [0.5, 0.6) is 0 Å². The van der Waals surface area contributed by atoms with Crippen molar-refractivity contribution in [3.63, 3.8) is 0 Å². The molecule has 0 aliphatic carbocycles. The molecule has 1 aliphatic rings. The van der Waals surface area contributed by atoms with Crippen molar-refractivity contribution in [3.8, 4) is 0 Å². The standard InChI is InChI=1S/C16H31N3O2/c1-15(2,3)18-13(20)11-19(6)14(21)16(4,5)12-8-7-9-17-10-12/h12,17H,7-11H2,1-6H3,(H,18,20). The summed E-state index contributed by atoms with van der Waals surface area (Å²) in [6.07, 6.45) is 2.17. The van der Waals surface area contributed by atoms with Crippen LogP contribution in [-0.4, -0.2) is 48.9 Å². The Morgan fingerprint density at radius 1 is 1.24 bits per heavy atom. The molecule has 1 saturated heterocycles. The van der Waals surface area contributed by atoms with Crippen LogP contribution in [0, 0.1) is 11.3 Å². The highest BCUT2D eigenvalue weighted by Crippen LogP contribution is 2.33. The number of nitrogens with one attached hydrogen (secondary N) is 2. The lowest BCUT2D eigenvalue weighted by Gasteiger charge is -2.38. The Balaban J connectivity index is 2.61. The lowest BCUT2D eigenvalue weighted by atomic mass is 9.74. The minimum absolute atomic E-state index is 0.0419. The summed E-state index contributed by atoms with van der Waals surface area (Å²) in [6.45, 7) is 11.8. The maximum absolute atomic E-state index is 12.7. The number of hydrogen-bond acceptors (Lipinski definition) is 3. The molecular weight excluding hydrogens is 266 g/mol. The molecule has 0 aromatic heterocycles. The Hall–Kier alpha value is -1.10. The second-order valence-corrected chi connectivity index (χ2v) is 7.72. The zero-order chi connectivity index (χ0) is 16.3. The SMILES string of the molecule is CN(CC(=O)NC(C)(C)C)C(=O)C(C)(C)C1CCCNC1. The van der Waals surface area contributed by atoms with E-state index in [1.807, 2.05) is 34.6 Å². The molecule has 1 fully saturated rings. The maximum atomic E-state index is 12.7. The number of likely N-dealkylation sites (N-methyl/N-ethyl adjacent to an activating group) is 1. The molecule has 1 aliphatic heterocycles. The lowest BCUT2D eigenvalue weighted by molar-refractivity contribution is -0.145. The summed E-state index contributed by atoms with van der Waals surface area (Å²) >= 11 is 0. The summed E-state index contributed by atoms with van der Waals surface area (Å²) < 4.78 is 0. The van der Waals surface area contributed by atoms with E-state index in [0.717, 1.165) is 25.9 Å². The summed E-state index contributed by atoms with van der Waals surface area (Å²) in [4.78, 5) is 26.2. The molecule has 5 nitrogen and oxygen atoms in total. The highest BCUT2D eigenvalue weighted by Gasteiger charge is 2.39. The van der Waals surface area contributed by atoms with Gasteiger partial charge in [-0.15, -0.1) is 0 Å². The van der Waals surface area contributed by atoms with Crippen molar-refractivity contribution >= 4 is 11.8 Å². The number of piperidine rings is 1. The van der Waals surface area contributed by atoms with Gasteiger partial charge in [-0.2, -0.15) is 0 Å². The molecule has 0 aromatic carbocycles. The van der Waals surface area contributed by atoms with E-state index in [2.05, 4.69) is 10.6 Å². The first-order valence-corrected chi connectivity index (χ1v) is 7.81. The minimum Gasteiger partial charge on any atom is -0.350 e. The summed E-state index contributed by atoms with van der Waals surface area (Å²) in [6, 6.07) is 0. The first-order valence-electron chi connectivity index (χ1n) is 7.81. The van der Waals surface area contributed by atoms with Crippen LogP contribution in [0.25, 0.3) is 0 Å². The molecule has 0 saturated carbocycles. The van der Waals surface area contributed by atoms with Crippen LogP contribution in [0.1, 0.15) is 47.5 Å². The van der Waals surface area contributed by atoms with Gasteiger partial charge in [0.15, 0.2) is 0 Å². The molecule has 1 rings (SSSR count). The molecule has 2 amide bonds. The van der Waals surface area contributed by atoms with E-state index in [1.54, 1.807) is 11.9 Å². The van der Waals surface area contributed by atoms with Crippen molar-refractivity contribution in [1.29, 1.82) is 0 Å². The summed E-state index contributed by atoms with van der Waals surface area (Å²) in [5.74, 6) is 0.253. The molecule has 0 bridgehead atoms. The molecule has 0 spiro atoms. The average Bonchev–Trinajstić information content (AvgIpc) is 2.36. The smallest absolute Gasteiger partial charge is 0.240 e. The quantitative estimate of drug-likeness (QED) is 0.824. The number of carbonyl (C=O) groups excluding carboxylic acids is 2. The van der Waals surface area contributed by atoms with Crippen LogP contribution in [0.4, 0.5) is 0 Å². The van der Waals surface area contributed by atoms with E-state index < -0.39 is 5.41 Å². The Bertz CT molecular complexity index is 379. The van der Waals surface area contributed by atoms with E-state index in [9.17, 15) is 9.59 Å². The number of nitrogens with zero attached hydrogens (tertiary/aromatic N) is 1. The molecule has 122 valence electrons. The Kier molecular flexibility index (Phi) is 5.79. The second-order valence-electron chi connectivity index (χ2n) is 7.72. The fourth-order valence-electron chi connectivity index (χ4n) is 2.88. The van der Waals surface area contributed by atoms with E-state index in [-0.39, 0.29) is 23.9 Å². The molecule has 0 aromatic rings. The number of carbonyl (C=O) groups is 2. The van der Waals surface area contributed by atoms with Crippen molar-refractivity contribution < 1.29 is 9.59 Å². The van der Waals surface area contributed by atoms with E-state index in [1.165, 1.54) is 0 Å². The van der Waals surface area contributed by atoms with Gasteiger partial charge in [-0.3, -0.25) is 9.59 Å². The monoisotopic (exact) mass is 297 g/mol. The van der Waals surface area contributed by atoms with Gasteiger partial charge in [-0.1, -0.05) is 13.8 Å². The van der Waals surface area contributed by atoms with Crippen LogP contribution in [0.3, 0.4) is 0 Å². The van der Waals surface area contributed by atoms with Crippen LogP contribution >= 0.6 is 0 Å². The third-order valence-electron chi connectivity index (χ3n) is 4.11. The zero-order valence-corrected chi connectivity index (χ0v) is 14.4. The van der Waals surface area contributed by atoms with Gasteiger partial charge in [0.05, 0.1) is 6.54 Å². The van der Waals surface area contributed by atoms with Crippen LogP contribution in [0.15, 0.2) is 0 Å². The molecule has 1 unspecified atom stereocenters. The fraction of sp³-hybridized carbons (Fsp3) is 0.875. The third kappa shape index (κ3) is 5.30. The Labute approximate surface area is 128 Å². The van der Waals surface area contributed by atoms with Gasteiger partial charge in [0, 0.05) is 18.0 Å². The molecule has 21 heavy (non-hydrogen) atoms. The molecule has 0 radical (unpaired) electrons. The molecule has 5 heteroatoms. The predicted octanol–water partition coefficient (Wildman–Crippen LogP) is 1.39. The fourth-order valence-corrected chi connectivity index (χ4v) is 2.88. The van der Waals surface area contributed by atoms with Crippen molar-refractivity contribution in [2.75, 3.05) is 26.7 Å². The summed E-state index contributed by atoms with van der Waals surface area (Å²) in [5.41, 5.74) is -0.714. The van der Waals surface area contributed by atoms with Gasteiger partial charge in [0.1, 0.15) is 0 Å². The summed E-state index contributed by atoms with van der Waals surface area (Å²) in [7, 11) is 1.71. The van der Waals surface area contributed by atoms with Crippen molar-refractivity contribution in [2.45, 2.75) is 53.0 Å². The van der Waals surface area contributed by atoms with Gasteiger partial charge >= 0.3 is 0 Å². The van der Waals surface area contributed by atoms with Gasteiger partial charge in [-0.25, -0.2) is 0 Å². The minimum atomic E-state index is -0.440. The van der Waals surface area contributed by atoms with Gasteiger partial charge < -0.3 is 15.5 Å². The van der Waals surface area contributed by atoms with Crippen molar-refractivity contribution in [2.24, 2.45) is 11.3 Å². The van der Waals surface area contributed by atoms with Gasteiger partial charge in [0.25, 0.3) is 0 Å². The van der Waals surface area contributed by atoms with Crippen LogP contribution in [0.2, 0.25) is 0 Å². The molecular formula is C16H31N3O2. The Morgan fingerprint density at radius 3 is 2.33 bits per heavy atom. The first kappa shape index (κ1) is 18.0. The lowest BCUT2D eigenvalue weighted by Crippen LogP contribution is -2.51. The predicted molar refractivity (Wildman–Crippen MR) is 84.9 cm³/mol. The molecule has 2 N–H and O–H groups in total. The molecule has 1 atom stereocenters. The number of rotatable bonds is 4. The highest BCUT2D eigenvalue weighted by molar-refractivity contribution is 5.87. The third-order valence-corrected chi connectivity index (χ3v) is 4.11. The second kappa shape index (κ2) is 6.77. The first-order chi connectivity index (χ1) is 9.54. The van der Waals surface area contributed by atoms with Crippen molar-refractivity contribution in [1.82, 2.24) is 15.5 Å². The topological polar surface area (TPSA) is 61.4 Å². The highest BCUT2D eigenvalue weighted by atomic mass is 16.2. The normalized spacial score (nSPS) is 20.0. The van der Waals surface area contributed by atoms with Crippen LogP contribution < -0.4 is 10.6 Å². The van der Waals surface area contributed by atoms with E-state index in [4.69, 9.17) is 0 Å². The molecule has 1 heterocycles. The van der Waals surface area contributed by atoms with Gasteiger partial charge in [0.2, 0.25) is 11.8 Å². The van der Waals surface area contributed by atoms with Gasteiger partial charge in [-0.05, 0) is 52.6 Å². The number of amides is 2. The maximum Gasteiger partial charge on any atom is 0.240 e.